The van der Waals surface area contributed by atoms with E-state index >= 15 is 0 Å². The van der Waals surface area contributed by atoms with Crippen molar-refractivity contribution in [1.29, 1.82) is 0 Å². The van der Waals surface area contributed by atoms with Crippen LogP contribution < -0.4 is 16.6 Å². The molecular weight excluding hydrogens is 292 g/mol. The molecule has 3 N–H and O–H groups in total. The molecule has 7 nitrogen and oxygen atoms in total. The van der Waals surface area contributed by atoms with E-state index in [-0.39, 0.29) is 16.7 Å². The molecule has 2 rings (SSSR count). The number of hydrogen-bond acceptors (Lipinski definition) is 5. The molecule has 1 heterocycles. The number of aromatic nitrogens is 3. The number of thioether (sulfide) groups is 1. The van der Waals surface area contributed by atoms with E-state index in [1.165, 1.54) is 0 Å². The number of aromatic amines is 2. The van der Waals surface area contributed by atoms with Crippen LogP contribution in [0.1, 0.15) is 12.5 Å². The van der Waals surface area contributed by atoms with E-state index in [2.05, 4.69) is 15.5 Å². The lowest BCUT2D eigenvalue weighted by Gasteiger charge is -2.08. The molecule has 0 unspecified atom stereocenters. The van der Waals surface area contributed by atoms with E-state index in [0.29, 0.717) is 0 Å². The van der Waals surface area contributed by atoms with Crippen molar-refractivity contribution < 1.29 is 4.79 Å². The molecule has 0 bridgehead atoms. The van der Waals surface area contributed by atoms with E-state index < -0.39 is 11.2 Å². The van der Waals surface area contributed by atoms with Crippen molar-refractivity contribution in [3.63, 3.8) is 0 Å². The Balaban J connectivity index is 1.99. The number of benzene rings is 1. The maximum Gasteiger partial charge on any atom is 0.342 e. The van der Waals surface area contributed by atoms with Crippen LogP contribution in [0.4, 0.5) is 5.69 Å². The smallest absolute Gasteiger partial charge is 0.325 e. The molecular formula is C13H14N4O3S. The number of rotatable bonds is 5. The fraction of sp³-hybridized carbons (Fsp3) is 0.231. The van der Waals surface area contributed by atoms with Crippen LogP contribution >= 0.6 is 11.8 Å². The van der Waals surface area contributed by atoms with Gasteiger partial charge in [-0.1, -0.05) is 36.9 Å². The number of carbonyl (C=O) groups is 1. The molecule has 0 saturated heterocycles. The molecule has 0 atom stereocenters. The molecule has 0 aliphatic rings. The highest BCUT2D eigenvalue weighted by Gasteiger charge is 2.09. The highest BCUT2D eigenvalue weighted by atomic mass is 32.2. The van der Waals surface area contributed by atoms with Crippen LogP contribution in [0.2, 0.25) is 0 Å². The number of anilines is 1. The third kappa shape index (κ3) is 4.06. The first kappa shape index (κ1) is 15.0. The fourth-order valence-electron chi connectivity index (χ4n) is 1.71. The summed E-state index contributed by atoms with van der Waals surface area (Å²) in [5.41, 5.74) is 0.515. The second-order valence-electron chi connectivity index (χ2n) is 4.16. The Bertz CT molecular complexity index is 753. The Kier molecular flexibility index (Phi) is 4.94. The number of nitrogens with one attached hydrogen (secondary N) is 3. The molecule has 2 aromatic rings. The van der Waals surface area contributed by atoms with Crippen molar-refractivity contribution in [3.8, 4) is 0 Å². The van der Waals surface area contributed by atoms with Gasteiger partial charge in [0.05, 0.1) is 5.75 Å². The lowest BCUT2D eigenvalue weighted by molar-refractivity contribution is -0.113. The van der Waals surface area contributed by atoms with Crippen molar-refractivity contribution in [2.45, 2.75) is 18.4 Å². The molecule has 0 aliphatic heterocycles. The van der Waals surface area contributed by atoms with Gasteiger partial charge < -0.3 is 5.32 Å². The molecule has 0 radical (unpaired) electrons. The molecule has 8 heteroatoms. The van der Waals surface area contributed by atoms with Crippen LogP contribution in [0.25, 0.3) is 0 Å². The number of hydrogen-bond donors (Lipinski definition) is 3. The molecule has 1 aromatic heterocycles. The van der Waals surface area contributed by atoms with Crippen LogP contribution in [0, 0.1) is 0 Å². The minimum absolute atomic E-state index is 0.0279. The van der Waals surface area contributed by atoms with Crippen molar-refractivity contribution in [1.82, 2.24) is 15.2 Å². The normalized spacial score (nSPS) is 10.3. The second kappa shape index (κ2) is 6.89. The van der Waals surface area contributed by atoms with Gasteiger partial charge >= 0.3 is 5.69 Å². The lowest BCUT2D eigenvalue weighted by Crippen LogP contribution is -2.25. The van der Waals surface area contributed by atoms with Gasteiger partial charge in [-0.15, -0.1) is 0 Å². The summed E-state index contributed by atoms with van der Waals surface area (Å²) in [7, 11) is 0. The van der Waals surface area contributed by atoms with Crippen molar-refractivity contribution >= 4 is 23.4 Å². The van der Waals surface area contributed by atoms with Gasteiger partial charge in [-0.3, -0.25) is 14.6 Å². The molecule has 1 amide bonds. The Labute approximate surface area is 124 Å². The molecule has 0 spiro atoms. The highest BCUT2D eigenvalue weighted by molar-refractivity contribution is 7.99. The first-order valence-electron chi connectivity index (χ1n) is 6.29. The predicted molar refractivity (Wildman–Crippen MR) is 80.7 cm³/mol. The summed E-state index contributed by atoms with van der Waals surface area (Å²) < 4.78 is 0. The fourth-order valence-corrected chi connectivity index (χ4v) is 2.34. The Hall–Kier alpha value is -2.35. The van der Waals surface area contributed by atoms with Gasteiger partial charge in [0.2, 0.25) is 5.91 Å². The van der Waals surface area contributed by atoms with Crippen molar-refractivity contribution in [2.75, 3.05) is 11.1 Å². The van der Waals surface area contributed by atoms with Gasteiger partial charge in [0, 0.05) is 5.69 Å². The van der Waals surface area contributed by atoms with Crippen molar-refractivity contribution in [2.24, 2.45) is 0 Å². The lowest BCUT2D eigenvalue weighted by atomic mass is 10.1. The summed E-state index contributed by atoms with van der Waals surface area (Å²) in [5, 5.41) is 8.55. The van der Waals surface area contributed by atoms with Gasteiger partial charge in [0.25, 0.3) is 5.56 Å². The number of para-hydroxylation sites is 1. The van der Waals surface area contributed by atoms with E-state index in [9.17, 15) is 14.4 Å². The first-order valence-corrected chi connectivity index (χ1v) is 7.28. The number of carbonyl (C=O) groups excluding carboxylic acids is 1. The maximum absolute atomic E-state index is 11.9. The van der Waals surface area contributed by atoms with E-state index in [0.717, 1.165) is 29.4 Å². The number of H-pyrrole nitrogens is 2. The van der Waals surface area contributed by atoms with Gasteiger partial charge in [-0.2, -0.15) is 5.10 Å². The predicted octanol–water partition coefficient (Wildman–Crippen LogP) is 0.751. The van der Waals surface area contributed by atoms with Gasteiger partial charge in [0.1, 0.15) is 0 Å². The molecule has 0 fully saturated rings. The van der Waals surface area contributed by atoms with Gasteiger partial charge in [-0.25, -0.2) is 9.89 Å². The van der Waals surface area contributed by atoms with Gasteiger partial charge in [-0.05, 0) is 18.1 Å². The summed E-state index contributed by atoms with van der Waals surface area (Å²) in [6.45, 7) is 2.00. The van der Waals surface area contributed by atoms with E-state index in [1.54, 1.807) is 0 Å². The Morgan fingerprint density at radius 1 is 1.33 bits per heavy atom. The minimum Gasteiger partial charge on any atom is -0.325 e. The summed E-state index contributed by atoms with van der Waals surface area (Å²) in [5.74, 6) is -0.214. The SMILES string of the molecule is CCc1ccccc1NC(=O)CSc1n[nH]c(=O)[nH]c1=O. The van der Waals surface area contributed by atoms with Crippen LogP contribution in [0.5, 0.6) is 0 Å². The average Bonchev–Trinajstić information content (AvgIpc) is 2.47. The van der Waals surface area contributed by atoms with Crippen LogP contribution in [-0.2, 0) is 11.2 Å². The van der Waals surface area contributed by atoms with Crippen LogP contribution in [-0.4, -0.2) is 26.8 Å². The van der Waals surface area contributed by atoms with E-state index in [4.69, 9.17) is 0 Å². The van der Waals surface area contributed by atoms with Crippen LogP contribution in [0.3, 0.4) is 0 Å². The minimum atomic E-state index is -0.675. The number of amides is 1. The molecule has 1 aromatic carbocycles. The van der Waals surface area contributed by atoms with Crippen LogP contribution in [0.15, 0.2) is 38.9 Å². The summed E-state index contributed by atoms with van der Waals surface area (Å²) >= 11 is 0.960. The third-order valence-corrected chi connectivity index (χ3v) is 3.65. The summed E-state index contributed by atoms with van der Waals surface area (Å²) in [6, 6.07) is 7.52. The zero-order chi connectivity index (χ0) is 15.2. The standard InChI is InChI=1S/C13H14N4O3S/c1-2-8-5-3-4-6-9(8)14-10(18)7-21-12-11(19)15-13(20)17-16-12/h3-6H,2,7H2,1H3,(H,14,18)(H2,15,17,19,20). The number of aryl methyl sites for hydroxylation is 1. The average molecular weight is 306 g/mol. The van der Waals surface area contributed by atoms with Crippen molar-refractivity contribution in [3.05, 3.63) is 50.7 Å². The summed E-state index contributed by atoms with van der Waals surface area (Å²) in [6.07, 6.45) is 0.810. The zero-order valence-corrected chi connectivity index (χ0v) is 12.1. The largest absolute Gasteiger partial charge is 0.342 e. The number of nitrogens with zero attached hydrogens (tertiary/aromatic N) is 1. The molecule has 0 saturated carbocycles. The summed E-state index contributed by atoms with van der Waals surface area (Å²) in [4.78, 5) is 36.2. The first-order chi connectivity index (χ1) is 10.1. The second-order valence-corrected chi connectivity index (χ2v) is 5.12. The topological polar surface area (TPSA) is 108 Å². The maximum atomic E-state index is 11.9. The zero-order valence-electron chi connectivity index (χ0n) is 11.3. The molecule has 0 aliphatic carbocycles. The van der Waals surface area contributed by atoms with Gasteiger partial charge in [0.15, 0.2) is 5.03 Å². The quantitative estimate of drug-likeness (QED) is 0.707. The Morgan fingerprint density at radius 3 is 2.81 bits per heavy atom. The third-order valence-electron chi connectivity index (χ3n) is 2.69. The monoisotopic (exact) mass is 306 g/mol. The van der Waals surface area contributed by atoms with E-state index in [1.807, 2.05) is 36.2 Å². The molecule has 21 heavy (non-hydrogen) atoms. The highest BCUT2D eigenvalue weighted by Crippen LogP contribution is 2.16. The molecule has 110 valence electrons. The Morgan fingerprint density at radius 2 is 2.10 bits per heavy atom.